The number of carbonyl (C=O) groups is 1. The highest BCUT2D eigenvalue weighted by molar-refractivity contribution is 5.76. The molecule has 0 aromatic rings. The molecular weight excluding hydrogens is 1110 g/mol. The molecule has 0 bridgehead atoms. The van der Waals surface area contributed by atoms with Crippen LogP contribution in [0.25, 0.3) is 0 Å². The van der Waals surface area contributed by atoms with Crippen molar-refractivity contribution in [2.75, 3.05) is 19.8 Å². The predicted octanol–water partition coefficient (Wildman–Crippen LogP) is 15.9. The molecule has 2 fully saturated rings. The number of ether oxygens (including phenoxy) is 4. The number of hydrogen-bond acceptors (Lipinski definition) is 13. The molecule has 0 saturated carbocycles. The summed E-state index contributed by atoms with van der Waals surface area (Å²) in [7, 11) is 0. The topological polar surface area (TPSA) is 228 Å². The van der Waals surface area contributed by atoms with E-state index in [1.165, 1.54) is 283 Å². The summed E-state index contributed by atoms with van der Waals surface area (Å²) in [6, 6.07) is -0.914. The third-order valence-corrected chi connectivity index (χ3v) is 18.6. The van der Waals surface area contributed by atoms with Crippen molar-refractivity contribution >= 4 is 5.91 Å². The largest absolute Gasteiger partial charge is 0.394 e. The van der Waals surface area contributed by atoms with Crippen molar-refractivity contribution in [3.05, 3.63) is 24.3 Å². The molecule has 14 heteroatoms. The fourth-order valence-corrected chi connectivity index (χ4v) is 12.6. The SMILES string of the molecule is CCCCCCCCCC/C=C\CCCCCCCCCCCCCCCCCC(=O)NC(COC1OC(CO)C(OC2OC(CO)C(O)C(O)C2O)C(O)C1O)C(O)/C=C/CCCCCCCCCCCCCCCCCCCCCCCCCCC. The van der Waals surface area contributed by atoms with Crippen molar-refractivity contribution in [2.24, 2.45) is 0 Å². The van der Waals surface area contributed by atoms with E-state index in [0.29, 0.717) is 6.42 Å². The standard InChI is InChI=1S/C74H141NO13/c1-3-5-7-9-11-13-15-17-19-21-23-25-27-29-31-33-35-37-39-41-43-45-47-49-51-53-55-57-63(78)62(61-85-73-71(84)69(82)72(65(60-77)87-73)88-74-70(83)68(81)67(80)64(59-76)86-74)75-66(79)58-56-54-52-50-48-46-44-42-40-38-36-34-32-30-28-26-24-22-20-18-16-14-12-10-8-6-4-2/h22,24,55,57,62-65,67-74,76-78,80-84H,3-21,23,25-54,56,58-61H2,1-2H3,(H,75,79)/b24-22-,57-55+. The summed E-state index contributed by atoms with van der Waals surface area (Å²) < 4.78 is 22.9. The normalized spacial score (nSPS) is 23.2. The summed E-state index contributed by atoms with van der Waals surface area (Å²) in [4.78, 5) is 13.4. The van der Waals surface area contributed by atoms with Crippen LogP contribution in [0.4, 0.5) is 0 Å². The number of unbranched alkanes of at least 4 members (excludes halogenated alkanes) is 48. The molecule has 2 saturated heterocycles. The quantitative estimate of drug-likeness (QED) is 0.0204. The Morgan fingerprint density at radius 1 is 0.398 bits per heavy atom. The molecule has 2 aliphatic rings. The van der Waals surface area contributed by atoms with Gasteiger partial charge in [0.2, 0.25) is 5.91 Å². The highest BCUT2D eigenvalue weighted by atomic mass is 16.7. The Balaban J connectivity index is 1.65. The number of nitrogens with one attached hydrogen (secondary N) is 1. The molecule has 2 heterocycles. The minimum absolute atomic E-state index is 0.232. The van der Waals surface area contributed by atoms with Gasteiger partial charge in [0, 0.05) is 6.42 Å². The van der Waals surface area contributed by atoms with Crippen LogP contribution in [0.1, 0.15) is 348 Å². The fourth-order valence-electron chi connectivity index (χ4n) is 12.6. The number of carbonyl (C=O) groups excluding carboxylic acids is 1. The van der Waals surface area contributed by atoms with Crippen LogP contribution in [0.5, 0.6) is 0 Å². The zero-order valence-corrected chi connectivity index (χ0v) is 56.7. The lowest BCUT2D eigenvalue weighted by Gasteiger charge is -2.46. The Kier molecular flexibility index (Phi) is 55.6. The molecule has 12 atom stereocenters. The molecule has 1 amide bonds. The van der Waals surface area contributed by atoms with Crippen LogP contribution in [0.3, 0.4) is 0 Å². The van der Waals surface area contributed by atoms with Gasteiger partial charge in [-0.05, 0) is 44.9 Å². The van der Waals surface area contributed by atoms with E-state index in [1.54, 1.807) is 6.08 Å². The number of amides is 1. The first kappa shape index (κ1) is 82.6. The van der Waals surface area contributed by atoms with Crippen LogP contribution in [0, 0.1) is 0 Å². The Bertz CT molecular complexity index is 1570. The number of hydrogen-bond donors (Lipinski definition) is 9. The van der Waals surface area contributed by atoms with E-state index in [0.717, 1.165) is 38.5 Å². The molecule has 12 unspecified atom stereocenters. The Hall–Kier alpha value is -1.53. The molecule has 0 spiro atoms. The van der Waals surface area contributed by atoms with Crippen molar-refractivity contribution in [3.8, 4) is 0 Å². The smallest absolute Gasteiger partial charge is 0.220 e. The first-order valence-corrected chi connectivity index (χ1v) is 37.6. The van der Waals surface area contributed by atoms with Crippen LogP contribution in [0.15, 0.2) is 24.3 Å². The van der Waals surface area contributed by atoms with Gasteiger partial charge in [-0.15, -0.1) is 0 Å². The van der Waals surface area contributed by atoms with Gasteiger partial charge in [-0.3, -0.25) is 4.79 Å². The zero-order chi connectivity index (χ0) is 63.8. The van der Waals surface area contributed by atoms with Crippen LogP contribution in [-0.4, -0.2) is 140 Å². The summed E-state index contributed by atoms with van der Waals surface area (Å²) in [6.45, 7) is 2.86. The average molecular weight is 1250 g/mol. The van der Waals surface area contributed by atoms with E-state index in [4.69, 9.17) is 18.9 Å². The van der Waals surface area contributed by atoms with Crippen LogP contribution < -0.4 is 5.32 Å². The van der Waals surface area contributed by atoms with E-state index >= 15 is 0 Å². The van der Waals surface area contributed by atoms with Crippen molar-refractivity contribution in [2.45, 2.75) is 421 Å². The molecule has 0 radical (unpaired) electrons. The van der Waals surface area contributed by atoms with Gasteiger partial charge >= 0.3 is 0 Å². The summed E-state index contributed by atoms with van der Waals surface area (Å²) in [5.74, 6) is -0.232. The lowest BCUT2D eigenvalue weighted by atomic mass is 9.97. The number of rotatable bonds is 63. The van der Waals surface area contributed by atoms with Gasteiger partial charge in [0.05, 0.1) is 32.0 Å². The summed E-state index contributed by atoms with van der Waals surface area (Å²) in [6.07, 6.45) is 58.1. The molecule has 0 aromatic heterocycles. The molecule has 14 nitrogen and oxygen atoms in total. The molecule has 2 rings (SSSR count). The maximum absolute atomic E-state index is 13.4. The van der Waals surface area contributed by atoms with Crippen LogP contribution >= 0.6 is 0 Å². The Morgan fingerprint density at radius 2 is 0.716 bits per heavy atom. The second-order valence-electron chi connectivity index (χ2n) is 26.8. The van der Waals surface area contributed by atoms with Crippen molar-refractivity contribution in [3.63, 3.8) is 0 Å². The van der Waals surface area contributed by atoms with Gasteiger partial charge in [0.25, 0.3) is 0 Å². The lowest BCUT2D eigenvalue weighted by Crippen LogP contribution is -2.65. The first-order chi connectivity index (χ1) is 43.1. The van der Waals surface area contributed by atoms with Gasteiger partial charge in [-0.1, -0.05) is 321 Å². The third kappa shape index (κ3) is 42.6. The number of aliphatic hydroxyl groups is 8. The first-order valence-electron chi connectivity index (χ1n) is 37.6. The maximum Gasteiger partial charge on any atom is 0.220 e. The van der Waals surface area contributed by atoms with E-state index in [2.05, 4.69) is 31.3 Å². The summed E-state index contributed by atoms with van der Waals surface area (Å²) in [5.41, 5.74) is 0. The highest BCUT2D eigenvalue weighted by Gasteiger charge is 2.51. The minimum atomic E-state index is -1.79. The lowest BCUT2D eigenvalue weighted by molar-refractivity contribution is -0.359. The van der Waals surface area contributed by atoms with E-state index in [9.17, 15) is 45.6 Å². The minimum Gasteiger partial charge on any atom is -0.394 e. The van der Waals surface area contributed by atoms with Gasteiger partial charge < -0.3 is 65.1 Å². The molecule has 520 valence electrons. The van der Waals surface area contributed by atoms with Crippen molar-refractivity contribution < 1.29 is 64.6 Å². The third-order valence-electron chi connectivity index (χ3n) is 18.6. The van der Waals surface area contributed by atoms with E-state index in [1.807, 2.05) is 6.08 Å². The summed E-state index contributed by atoms with van der Waals surface area (Å²) in [5, 5.41) is 87.6. The summed E-state index contributed by atoms with van der Waals surface area (Å²) >= 11 is 0. The number of aliphatic hydroxyl groups excluding tert-OH is 8. The van der Waals surface area contributed by atoms with Crippen LogP contribution in [0.2, 0.25) is 0 Å². The Morgan fingerprint density at radius 3 is 1.08 bits per heavy atom. The Labute approximate surface area is 539 Å². The van der Waals surface area contributed by atoms with Crippen LogP contribution in [-0.2, 0) is 23.7 Å². The van der Waals surface area contributed by atoms with Gasteiger partial charge in [-0.2, -0.15) is 0 Å². The average Bonchev–Trinajstić information content (AvgIpc) is 1.93. The predicted molar refractivity (Wildman–Crippen MR) is 360 cm³/mol. The van der Waals surface area contributed by atoms with Crippen molar-refractivity contribution in [1.82, 2.24) is 5.32 Å². The highest BCUT2D eigenvalue weighted by Crippen LogP contribution is 2.30. The molecule has 0 aromatic carbocycles. The fraction of sp³-hybridized carbons (Fsp3) is 0.932. The second-order valence-corrected chi connectivity index (χ2v) is 26.8. The second kappa shape index (κ2) is 59.2. The van der Waals surface area contributed by atoms with E-state index < -0.39 is 86.8 Å². The maximum atomic E-state index is 13.4. The van der Waals surface area contributed by atoms with Crippen molar-refractivity contribution in [1.29, 1.82) is 0 Å². The van der Waals surface area contributed by atoms with E-state index in [-0.39, 0.29) is 18.9 Å². The molecule has 2 aliphatic heterocycles. The molecular formula is C74H141NO13. The number of allylic oxidation sites excluding steroid dienone is 3. The molecule has 88 heavy (non-hydrogen) atoms. The van der Waals surface area contributed by atoms with Gasteiger partial charge in [0.1, 0.15) is 48.8 Å². The monoisotopic (exact) mass is 1250 g/mol. The molecule has 0 aliphatic carbocycles. The molecule has 9 N–H and O–H groups in total. The van der Waals surface area contributed by atoms with Gasteiger partial charge in [-0.25, -0.2) is 0 Å². The van der Waals surface area contributed by atoms with Gasteiger partial charge in [0.15, 0.2) is 12.6 Å². The zero-order valence-electron chi connectivity index (χ0n) is 56.7.